The van der Waals surface area contributed by atoms with Gasteiger partial charge in [-0.2, -0.15) is 5.06 Å². The zero-order valence-corrected chi connectivity index (χ0v) is 16.9. The molecule has 0 spiro atoms. The highest BCUT2D eigenvalue weighted by atomic mass is 16.7. The lowest BCUT2D eigenvalue weighted by Crippen LogP contribution is -2.67. The lowest BCUT2D eigenvalue weighted by Gasteiger charge is -2.62. The van der Waals surface area contributed by atoms with Crippen LogP contribution in [0.4, 0.5) is 0 Å². The van der Waals surface area contributed by atoms with Crippen LogP contribution in [0.3, 0.4) is 0 Å². The first-order chi connectivity index (χ1) is 11.3. The number of hydrogen-bond acceptors (Lipinski definition) is 2. The van der Waals surface area contributed by atoms with Crippen LogP contribution in [0.1, 0.15) is 92.2 Å². The Hall–Kier alpha value is -0.860. The van der Waals surface area contributed by atoms with Crippen LogP contribution in [0.15, 0.2) is 30.3 Å². The highest BCUT2D eigenvalue weighted by molar-refractivity contribution is 5.17. The van der Waals surface area contributed by atoms with Crippen molar-refractivity contribution in [1.82, 2.24) is 5.06 Å². The first-order valence-corrected chi connectivity index (χ1v) is 9.78. The first kappa shape index (κ1) is 19.5. The standard InChI is InChI=1S/C22H37NO/c1-8-20(5)16-17-21(6,9-2)23(22(20,7)10-3)24-18(4)19-14-12-11-13-15-19/h11-15,18H,8-10,16-17H2,1-7H3. The Labute approximate surface area is 149 Å². The second-order valence-corrected chi connectivity index (χ2v) is 8.34. The fourth-order valence-electron chi connectivity index (χ4n) is 4.39. The van der Waals surface area contributed by atoms with Crippen molar-refractivity contribution in [3.8, 4) is 0 Å². The van der Waals surface area contributed by atoms with E-state index in [0.29, 0.717) is 0 Å². The second kappa shape index (κ2) is 7.17. The van der Waals surface area contributed by atoms with Gasteiger partial charge in [0, 0.05) is 11.1 Å². The Kier molecular flexibility index (Phi) is 5.82. The predicted octanol–water partition coefficient (Wildman–Crippen LogP) is 6.53. The van der Waals surface area contributed by atoms with E-state index >= 15 is 0 Å². The molecule has 2 rings (SSSR count). The molecule has 0 saturated carbocycles. The Bertz CT molecular complexity index is 530. The van der Waals surface area contributed by atoms with Crippen molar-refractivity contribution in [1.29, 1.82) is 0 Å². The van der Waals surface area contributed by atoms with Crippen molar-refractivity contribution >= 4 is 0 Å². The van der Waals surface area contributed by atoms with Gasteiger partial charge in [-0.15, -0.1) is 0 Å². The lowest BCUT2D eigenvalue weighted by atomic mass is 9.60. The average Bonchev–Trinajstić information content (AvgIpc) is 2.62. The summed E-state index contributed by atoms with van der Waals surface area (Å²) in [5.41, 5.74) is 1.68. The maximum atomic E-state index is 6.72. The molecule has 0 bridgehead atoms. The molecule has 0 aromatic heterocycles. The fraction of sp³-hybridized carbons (Fsp3) is 0.727. The molecule has 1 heterocycles. The van der Waals surface area contributed by atoms with E-state index in [2.05, 4.69) is 83.9 Å². The van der Waals surface area contributed by atoms with Crippen LogP contribution in [0.2, 0.25) is 0 Å². The van der Waals surface area contributed by atoms with Crippen LogP contribution in [0.5, 0.6) is 0 Å². The summed E-state index contributed by atoms with van der Waals surface area (Å²) in [6.07, 6.45) is 5.96. The summed E-state index contributed by atoms with van der Waals surface area (Å²) < 4.78 is 0. The van der Waals surface area contributed by atoms with Crippen LogP contribution in [-0.4, -0.2) is 16.1 Å². The third kappa shape index (κ3) is 3.15. The van der Waals surface area contributed by atoms with Crippen molar-refractivity contribution in [3.63, 3.8) is 0 Å². The minimum absolute atomic E-state index is 0.0494. The third-order valence-electron chi connectivity index (χ3n) is 7.22. The Morgan fingerprint density at radius 2 is 1.58 bits per heavy atom. The molecule has 1 aliphatic rings. The minimum Gasteiger partial charge on any atom is -0.290 e. The number of hydroxylamine groups is 2. The zero-order chi connectivity index (χ0) is 18.0. The summed E-state index contributed by atoms with van der Waals surface area (Å²) in [5, 5.41) is 2.41. The van der Waals surface area contributed by atoms with Gasteiger partial charge in [0.05, 0.1) is 0 Å². The van der Waals surface area contributed by atoms with Gasteiger partial charge in [-0.3, -0.25) is 4.84 Å². The summed E-state index contributed by atoms with van der Waals surface area (Å²) in [6.45, 7) is 16.4. The topological polar surface area (TPSA) is 12.5 Å². The molecule has 2 nitrogen and oxygen atoms in total. The average molecular weight is 332 g/mol. The van der Waals surface area contributed by atoms with Crippen molar-refractivity contribution in [2.24, 2.45) is 5.41 Å². The summed E-state index contributed by atoms with van der Waals surface area (Å²) in [7, 11) is 0. The molecule has 0 radical (unpaired) electrons. The Morgan fingerprint density at radius 3 is 2.08 bits per heavy atom. The molecule has 1 saturated heterocycles. The van der Waals surface area contributed by atoms with Gasteiger partial charge in [0.1, 0.15) is 6.10 Å². The number of benzene rings is 1. The Balaban J connectivity index is 2.39. The molecule has 4 atom stereocenters. The Morgan fingerprint density at radius 1 is 0.958 bits per heavy atom. The monoisotopic (exact) mass is 331 g/mol. The molecule has 1 aromatic rings. The molecule has 0 N–H and O–H groups in total. The molecule has 2 heteroatoms. The molecule has 136 valence electrons. The number of rotatable bonds is 6. The van der Waals surface area contributed by atoms with Crippen LogP contribution in [0.25, 0.3) is 0 Å². The van der Waals surface area contributed by atoms with E-state index in [4.69, 9.17) is 4.84 Å². The summed E-state index contributed by atoms with van der Waals surface area (Å²) in [5.74, 6) is 0. The highest BCUT2D eigenvalue weighted by Crippen LogP contribution is 2.54. The second-order valence-electron chi connectivity index (χ2n) is 8.34. The normalized spacial score (nSPS) is 35.8. The summed E-state index contributed by atoms with van der Waals surface area (Å²) in [6, 6.07) is 10.6. The summed E-state index contributed by atoms with van der Waals surface area (Å²) >= 11 is 0. The zero-order valence-electron chi connectivity index (χ0n) is 16.9. The molecule has 24 heavy (non-hydrogen) atoms. The van der Waals surface area contributed by atoms with Crippen molar-refractivity contribution in [3.05, 3.63) is 35.9 Å². The van der Waals surface area contributed by atoms with Gasteiger partial charge < -0.3 is 0 Å². The molecular weight excluding hydrogens is 294 g/mol. The van der Waals surface area contributed by atoms with Gasteiger partial charge in [0.25, 0.3) is 0 Å². The van der Waals surface area contributed by atoms with Crippen molar-refractivity contribution < 1.29 is 4.84 Å². The number of piperidine rings is 1. The van der Waals surface area contributed by atoms with Crippen LogP contribution < -0.4 is 0 Å². The maximum absolute atomic E-state index is 6.72. The lowest BCUT2D eigenvalue weighted by molar-refractivity contribution is -0.340. The quantitative estimate of drug-likeness (QED) is 0.587. The van der Waals surface area contributed by atoms with Gasteiger partial charge in [0.15, 0.2) is 0 Å². The smallest absolute Gasteiger partial charge is 0.102 e. The van der Waals surface area contributed by atoms with Gasteiger partial charge in [0.2, 0.25) is 0 Å². The molecule has 0 aliphatic carbocycles. The van der Waals surface area contributed by atoms with Crippen LogP contribution in [0, 0.1) is 5.41 Å². The summed E-state index contributed by atoms with van der Waals surface area (Å²) in [4.78, 5) is 6.72. The van der Waals surface area contributed by atoms with E-state index in [1.54, 1.807) is 0 Å². The maximum Gasteiger partial charge on any atom is 0.102 e. The molecular formula is C22H37NO. The number of nitrogens with zero attached hydrogens (tertiary/aromatic N) is 1. The van der Waals surface area contributed by atoms with Gasteiger partial charge in [-0.25, -0.2) is 0 Å². The molecule has 0 amide bonds. The van der Waals surface area contributed by atoms with Crippen molar-refractivity contribution in [2.45, 2.75) is 97.8 Å². The predicted molar refractivity (Wildman–Crippen MR) is 103 cm³/mol. The first-order valence-electron chi connectivity index (χ1n) is 9.78. The van der Waals surface area contributed by atoms with Crippen LogP contribution >= 0.6 is 0 Å². The van der Waals surface area contributed by atoms with E-state index in [0.717, 1.165) is 12.8 Å². The van der Waals surface area contributed by atoms with E-state index in [9.17, 15) is 0 Å². The highest BCUT2D eigenvalue weighted by Gasteiger charge is 2.56. The van der Waals surface area contributed by atoms with Gasteiger partial charge in [-0.05, 0) is 63.9 Å². The van der Waals surface area contributed by atoms with Gasteiger partial charge in [-0.1, -0.05) is 58.0 Å². The van der Waals surface area contributed by atoms with Gasteiger partial charge >= 0.3 is 0 Å². The fourth-order valence-corrected chi connectivity index (χ4v) is 4.39. The number of hydrogen-bond donors (Lipinski definition) is 0. The van der Waals surface area contributed by atoms with Crippen LogP contribution in [-0.2, 0) is 4.84 Å². The van der Waals surface area contributed by atoms with E-state index in [-0.39, 0.29) is 22.6 Å². The molecule has 1 fully saturated rings. The van der Waals surface area contributed by atoms with E-state index in [1.807, 2.05) is 0 Å². The molecule has 4 unspecified atom stereocenters. The largest absolute Gasteiger partial charge is 0.290 e. The molecule has 1 aromatic carbocycles. The van der Waals surface area contributed by atoms with Crippen molar-refractivity contribution in [2.75, 3.05) is 0 Å². The molecule has 1 aliphatic heterocycles. The third-order valence-corrected chi connectivity index (χ3v) is 7.22. The SMILES string of the molecule is CCC1(C)CCC(C)(CC)C(C)(CC)N1OC(C)c1ccccc1. The van der Waals surface area contributed by atoms with E-state index < -0.39 is 0 Å². The minimum atomic E-state index is 0.0494. The van der Waals surface area contributed by atoms with E-state index in [1.165, 1.54) is 24.8 Å².